The first-order chi connectivity index (χ1) is 15.0. The first-order valence-electron chi connectivity index (χ1n) is 10.1. The Morgan fingerprint density at radius 2 is 2.13 bits per heavy atom. The van der Waals surface area contributed by atoms with Crippen molar-refractivity contribution in [3.05, 3.63) is 41.7 Å². The second-order valence-electron chi connectivity index (χ2n) is 7.83. The number of benzene rings is 1. The van der Waals surface area contributed by atoms with Crippen LogP contribution in [0.1, 0.15) is 28.5 Å². The Morgan fingerprint density at radius 3 is 2.84 bits per heavy atom. The molecule has 9 heteroatoms. The van der Waals surface area contributed by atoms with Gasteiger partial charge in [0.1, 0.15) is 0 Å². The molecule has 2 unspecified atom stereocenters. The van der Waals surface area contributed by atoms with Gasteiger partial charge >= 0.3 is 5.97 Å². The van der Waals surface area contributed by atoms with E-state index in [1.807, 2.05) is 38.4 Å². The van der Waals surface area contributed by atoms with Crippen LogP contribution < -0.4 is 0 Å². The van der Waals surface area contributed by atoms with Gasteiger partial charge < -0.3 is 19.1 Å². The van der Waals surface area contributed by atoms with Crippen molar-refractivity contribution in [3.63, 3.8) is 0 Å². The number of hydrogen-bond acceptors (Lipinski definition) is 7. The molecular weight excluding hydrogens is 398 g/mol. The van der Waals surface area contributed by atoms with Crippen LogP contribution in [0, 0.1) is 6.92 Å². The molecule has 31 heavy (non-hydrogen) atoms. The number of pyridine rings is 1. The van der Waals surface area contributed by atoms with Crippen LogP contribution in [-0.2, 0) is 16.5 Å². The van der Waals surface area contributed by atoms with Gasteiger partial charge in [-0.15, -0.1) is 5.10 Å². The standard InChI is InChI=1S/C22H23N5O4/c1-12-21(26(2)25-24-12)14-9-18-20(23-10-14)15-5-4-13(22(29)30-3)8-17(15)27(18)16-6-7-31-11-19(16)28/h4-5,8-10,16,19,28H,6-7,11H2,1-3H3. The summed E-state index contributed by atoms with van der Waals surface area (Å²) in [5.41, 5.74) is 5.54. The minimum atomic E-state index is -0.668. The molecule has 2 atom stereocenters. The topological polar surface area (TPSA) is 104 Å². The number of aliphatic hydroxyl groups excluding tert-OH is 1. The molecule has 1 fully saturated rings. The number of nitrogens with zero attached hydrogens (tertiary/aromatic N) is 5. The molecule has 9 nitrogen and oxygen atoms in total. The van der Waals surface area contributed by atoms with Gasteiger partial charge in [0.2, 0.25) is 0 Å². The number of aryl methyl sites for hydroxylation is 2. The zero-order chi connectivity index (χ0) is 21.7. The molecule has 5 rings (SSSR count). The monoisotopic (exact) mass is 421 g/mol. The Bertz CT molecular complexity index is 1290. The summed E-state index contributed by atoms with van der Waals surface area (Å²) in [5, 5.41) is 19.9. The number of fused-ring (bicyclic) bond motifs is 3. The van der Waals surface area contributed by atoms with Crippen LogP contribution in [0.15, 0.2) is 30.5 Å². The summed E-state index contributed by atoms with van der Waals surface area (Å²) in [6, 6.07) is 7.28. The van der Waals surface area contributed by atoms with E-state index in [0.29, 0.717) is 18.6 Å². The maximum absolute atomic E-state index is 12.2. The lowest BCUT2D eigenvalue weighted by Gasteiger charge is -2.30. The molecule has 1 aliphatic heterocycles. The van der Waals surface area contributed by atoms with Crippen molar-refractivity contribution in [3.8, 4) is 11.3 Å². The number of hydrogen-bond donors (Lipinski definition) is 1. The van der Waals surface area contributed by atoms with E-state index in [1.54, 1.807) is 10.7 Å². The maximum Gasteiger partial charge on any atom is 0.337 e. The molecule has 1 N–H and O–H groups in total. The summed E-state index contributed by atoms with van der Waals surface area (Å²) in [4.78, 5) is 16.9. The van der Waals surface area contributed by atoms with E-state index in [9.17, 15) is 9.90 Å². The predicted molar refractivity (Wildman–Crippen MR) is 114 cm³/mol. The molecule has 0 saturated carbocycles. The van der Waals surface area contributed by atoms with Crippen LogP contribution in [0.25, 0.3) is 33.2 Å². The van der Waals surface area contributed by atoms with Crippen molar-refractivity contribution >= 4 is 27.9 Å². The predicted octanol–water partition coefficient (Wildman–Crippen LogP) is 2.40. The SMILES string of the molecule is COC(=O)c1ccc2c3ncc(-c4c(C)nnn4C)cc3n(C3CCOCC3O)c2c1. The average Bonchev–Trinajstić information content (AvgIpc) is 3.29. The van der Waals surface area contributed by atoms with Crippen molar-refractivity contribution in [2.24, 2.45) is 7.05 Å². The first kappa shape index (κ1) is 19.7. The van der Waals surface area contributed by atoms with Gasteiger partial charge in [-0.25, -0.2) is 9.48 Å². The zero-order valence-corrected chi connectivity index (χ0v) is 17.6. The minimum Gasteiger partial charge on any atom is -0.465 e. The molecule has 160 valence electrons. The molecule has 0 amide bonds. The number of aromatic nitrogens is 5. The molecule has 0 spiro atoms. The molecule has 1 saturated heterocycles. The quantitative estimate of drug-likeness (QED) is 0.507. The van der Waals surface area contributed by atoms with E-state index in [2.05, 4.69) is 14.9 Å². The van der Waals surface area contributed by atoms with Crippen LogP contribution in [0.5, 0.6) is 0 Å². The number of aliphatic hydroxyl groups is 1. The Labute approximate surface area is 178 Å². The number of esters is 1. The van der Waals surface area contributed by atoms with Gasteiger partial charge in [-0.1, -0.05) is 5.21 Å². The summed E-state index contributed by atoms with van der Waals surface area (Å²) < 4.78 is 14.2. The second-order valence-corrected chi connectivity index (χ2v) is 7.83. The Morgan fingerprint density at radius 1 is 1.29 bits per heavy atom. The normalized spacial score (nSPS) is 19.2. The molecule has 0 radical (unpaired) electrons. The molecule has 0 bridgehead atoms. The van der Waals surface area contributed by atoms with Gasteiger partial charge in [-0.05, 0) is 37.6 Å². The number of ether oxygens (including phenoxy) is 2. The Balaban J connectivity index is 1.81. The van der Waals surface area contributed by atoms with E-state index < -0.39 is 12.1 Å². The second kappa shape index (κ2) is 7.44. The van der Waals surface area contributed by atoms with Gasteiger partial charge in [-0.2, -0.15) is 0 Å². The highest BCUT2D eigenvalue weighted by molar-refractivity contribution is 6.08. The third-order valence-electron chi connectivity index (χ3n) is 5.95. The van der Waals surface area contributed by atoms with E-state index in [0.717, 1.165) is 38.9 Å². The fourth-order valence-corrected chi connectivity index (χ4v) is 4.51. The van der Waals surface area contributed by atoms with Crippen molar-refractivity contribution < 1.29 is 19.4 Å². The number of carbonyl (C=O) groups is 1. The lowest BCUT2D eigenvalue weighted by atomic mass is 10.1. The third-order valence-corrected chi connectivity index (χ3v) is 5.95. The molecular formula is C22H23N5O4. The molecule has 4 aromatic rings. The molecule has 1 aliphatic rings. The Kier molecular flexibility index (Phi) is 4.71. The van der Waals surface area contributed by atoms with E-state index in [1.165, 1.54) is 7.11 Å². The Hall–Kier alpha value is -3.30. The molecule has 3 aromatic heterocycles. The van der Waals surface area contributed by atoms with Crippen LogP contribution in [-0.4, -0.2) is 62.0 Å². The lowest BCUT2D eigenvalue weighted by Crippen LogP contribution is -2.34. The number of methoxy groups -OCH3 is 1. The third kappa shape index (κ3) is 3.08. The van der Waals surface area contributed by atoms with E-state index in [-0.39, 0.29) is 12.6 Å². The highest BCUT2D eigenvalue weighted by atomic mass is 16.5. The fourth-order valence-electron chi connectivity index (χ4n) is 4.51. The summed E-state index contributed by atoms with van der Waals surface area (Å²) in [7, 11) is 3.21. The van der Waals surface area contributed by atoms with Gasteiger partial charge in [-0.3, -0.25) is 4.98 Å². The average molecular weight is 421 g/mol. The maximum atomic E-state index is 12.2. The number of carbonyl (C=O) groups excluding carboxylic acids is 1. The van der Waals surface area contributed by atoms with Crippen molar-refractivity contribution in [2.75, 3.05) is 20.3 Å². The van der Waals surface area contributed by atoms with Crippen molar-refractivity contribution in [1.29, 1.82) is 0 Å². The summed E-state index contributed by atoms with van der Waals surface area (Å²) >= 11 is 0. The smallest absolute Gasteiger partial charge is 0.337 e. The summed E-state index contributed by atoms with van der Waals surface area (Å²) in [6.45, 7) is 2.73. The van der Waals surface area contributed by atoms with Gasteiger partial charge in [0.25, 0.3) is 0 Å². The van der Waals surface area contributed by atoms with Gasteiger partial charge in [0.05, 0.1) is 59.4 Å². The highest BCUT2D eigenvalue weighted by Gasteiger charge is 2.29. The molecule has 0 aliphatic carbocycles. The van der Waals surface area contributed by atoms with Crippen molar-refractivity contribution in [1.82, 2.24) is 24.5 Å². The lowest BCUT2D eigenvalue weighted by molar-refractivity contribution is -0.0363. The minimum absolute atomic E-state index is 0.204. The van der Waals surface area contributed by atoms with Crippen LogP contribution >= 0.6 is 0 Å². The summed E-state index contributed by atoms with van der Waals surface area (Å²) in [6.07, 6.45) is 1.80. The first-order valence-corrected chi connectivity index (χ1v) is 10.1. The van der Waals surface area contributed by atoms with Crippen LogP contribution in [0.3, 0.4) is 0 Å². The molecule has 4 heterocycles. The van der Waals surface area contributed by atoms with Crippen molar-refractivity contribution in [2.45, 2.75) is 25.5 Å². The van der Waals surface area contributed by atoms with E-state index >= 15 is 0 Å². The molecule has 1 aromatic carbocycles. The highest BCUT2D eigenvalue weighted by Crippen LogP contribution is 2.37. The number of rotatable bonds is 3. The van der Waals surface area contributed by atoms with E-state index in [4.69, 9.17) is 14.5 Å². The largest absolute Gasteiger partial charge is 0.465 e. The summed E-state index contributed by atoms with van der Waals surface area (Å²) in [5.74, 6) is -0.406. The van der Waals surface area contributed by atoms with Crippen LogP contribution in [0.2, 0.25) is 0 Å². The van der Waals surface area contributed by atoms with Gasteiger partial charge in [0.15, 0.2) is 0 Å². The zero-order valence-electron chi connectivity index (χ0n) is 17.6. The van der Waals surface area contributed by atoms with Crippen LogP contribution in [0.4, 0.5) is 0 Å². The van der Waals surface area contributed by atoms with Gasteiger partial charge in [0, 0.05) is 30.8 Å². The fraction of sp³-hybridized carbons (Fsp3) is 0.364.